The summed E-state index contributed by atoms with van der Waals surface area (Å²) in [4.78, 5) is 29.5. The lowest BCUT2D eigenvalue weighted by molar-refractivity contribution is 0.0699. The van der Waals surface area contributed by atoms with Gasteiger partial charge in [-0.25, -0.2) is 9.78 Å². The zero-order valence-electron chi connectivity index (χ0n) is 20.0. The van der Waals surface area contributed by atoms with Gasteiger partial charge in [0.15, 0.2) is 0 Å². The predicted molar refractivity (Wildman–Crippen MR) is 139 cm³/mol. The average Bonchev–Trinajstić information content (AvgIpc) is 2.89. The summed E-state index contributed by atoms with van der Waals surface area (Å²) in [6, 6.07) is 19.6. The molecule has 0 bridgehead atoms. The van der Waals surface area contributed by atoms with Gasteiger partial charge in [0.05, 0.1) is 23.7 Å². The number of aromatic hydroxyl groups is 1. The van der Waals surface area contributed by atoms with E-state index >= 15 is 0 Å². The number of carboxylic acid groups (broad SMARTS) is 1. The molecule has 1 atom stereocenters. The molecule has 0 saturated heterocycles. The Morgan fingerprint density at radius 1 is 1.00 bits per heavy atom. The number of carbonyl (C=O) groups is 2. The minimum absolute atomic E-state index is 0.0217. The molecule has 4 rings (SSSR count). The molecule has 190 valence electrons. The molecule has 0 fully saturated rings. The first-order valence-corrected chi connectivity index (χ1v) is 11.8. The van der Waals surface area contributed by atoms with Gasteiger partial charge < -0.3 is 25.0 Å². The lowest BCUT2D eigenvalue weighted by atomic mass is 10.0. The van der Waals surface area contributed by atoms with E-state index in [4.69, 9.17) is 21.1 Å². The van der Waals surface area contributed by atoms with Crippen LogP contribution in [0.25, 0.3) is 10.9 Å². The third-order valence-electron chi connectivity index (χ3n) is 5.68. The number of fused-ring (bicyclic) bond motifs is 1. The van der Waals surface area contributed by atoms with Crippen molar-refractivity contribution in [2.45, 2.75) is 19.1 Å². The first-order chi connectivity index (χ1) is 17.8. The Kier molecular flexibility index (Phi) is 8.22. The molecule has 9 heteroatoms. The predicted octanol–water partition coefficient (Wildman–Crippen LogP) is 4.86. The molecule has 0 aliphatic heterocycles. The number of pyridine rings is 1. The van der Waals surface area contributed by atoms with Crippen LogP contribution in [0.4, 0.5) is 0 Å². The maximum absolute atomic E-state index is 13.0. The van der Waals surface area contributed by atoms with Crippen molar-refractivity contribution in [3.05, 3.63) is 100 Å². The Labute approximate surface area is 218 Å². The molecule has 1 heterocycles. The average molecular weight is 521 g/mol. The van der Waals surface area contributed by atoms with Crippen molar-refractivity contribution >= 4 is 34.4 Å². The number of phenolic OH excluding ortho intramolecular Hbond substituents is 1. The number of aromatic carboxylic acids is 1. The highest BCUT2D eigenvalue weighted by Gasteiger charge is 2.20. The zero-order chi connectivity index (χ0) is 26.4. The molecule has 0 unspecified atom stereocenters. The van der Waals surface area contributed by atoms with E-state index in [1.165, 1.54) is 13.2 Å². The van der Waals surface area contributed by atoms with E-state index in [1.54, 1.807) is 54.6 Å². The normalized spacial score (nSPS) is 11.7. The molecule has 0 aliphatic rings. The van der Waals surface area contributed by atoms with Crippen LogP contribution in [-0.4, -0.2) is 46.8 Å². The first kappa shape index (κ1) is 25.9. The number of carbonyl (C=O) groups excluding carboxylic acids is 1. The molecule has 1 aromatic heterocycles. The summed E-state index contributed by atoms with van der Waals surface area (Å²) >= 11 is 5.91. The van der Waals surface area contributed by atoms with Gasteiger partial charge in [-0.15, -0.1) is 0 Å². The maximum atomic E-state index is 13.0. The molecule has 0 spiro atoms. The van der Waals surface area contributed by atoms with Crippen molar-refractivity contribution in [3.63, 3.8) is 0 Å². The Morgan fingerprint density at radius 3 is 2.38 bits per heavy atom. The SMILES string of the molecule is COC[C@@H](Cc1ccc(O)cc1)NC(=O)c1cc(C(=O)O)c2cc(OCc3ccc(Cl)cc3)ccc2n1. The van der Waals surface area contributed by atoms with Crippen molar-refractivity contribution in [1.82, 2.24) is 10.3 Å². The van der Waals surface area contributed by atoms with Gasteiger partial charge in [-0.3, -0.25) is 4.79 Å². The van der Waals surface area contributed by atoms with E-state index < -0.39 is 17.9 Å². The van der Waals surface area contributed by atoms with Crippen LogP contribution < -0.4 is 10.1 Å². The Morgan fingerprint density at radius 2 is 1.70 bits per heavy atom. The molecule has 1 amide bonds. The van der Waals surface area contributed by atoms with Gasteiger partial charge in [0.2, 0.25) is 0 Å². The highest BCUT2D eigenvalue weighted by atomic mass is 35.5. The number of methoxy groups -OCH3 is 1. The van der Waals surface area contributed by atoms with Crippen LogP contribution in [-0.2, 0) is 17.8 Å². The smallest absolute Gasteiger partial charge is 0.336 e. The highest BCUT2D eigenvalue weighted by Crippen LogP contribution is 2.25. The van der Waals surface area contributed by atoms with Gasteiger partial charge in [0.1, 0.15) is 23.8 Å². The number of ether oxygens (including phenoxy) is 2. The number of phenols is 1. The molecule has 0 aliphatic carbocycles. The van der Waals surface area contributed by atoms with E-state index in [0.29, 0.717) is 28.1 Å². The fourth-order valence-electron chi connectivity index (χ4n) is 3.86. The summed E-state index contributed by atoms with van der Waals surface area (Å²) in [5.41, 5.74) is 2.07. The quantitative estimate of drug-likeness (QED) is 0.273. The second-order valence-electron chi connectivity index (χ2n) is 8.45. The molecule has 3 aromatic carbocycles. The van der Waals surface area contributed by atoms with Crippen molar-refractivity contribution < 1.29 is 29.3 Å². The van der Waals surface area contributed by atoms with E-state index in [-0.39, 0.29) is 30.2 Å². The van der Waals surface area contributed by atoms with Crippen molar-refractivity contribution in [3.8, 4) is 11.5 Å². The number of rotatable bonds is 10. The monoisotopic (exact) mass is 520 g/mol. The van der Waals surface area contributed by atoms with Crippen LogP contribution in [0, 0.1) is 0 Å². The van der Waals surface area contributed by atoms with E-state index in [9.17, 15) is 19.8 Å². The lowest BCUT2D eigenvalue weighted by Gasteiger charge is -2.18. The van der Waals surface area contributed by atoms with Crippen LogP contribution in [0.5, 0.6) is 11.5 Å². The molecule has 0 radical (unpaired) electrons. The Balaban J connectivity index is 1.54. The van der Waals surface area contributed by atoms with Gasteiger partial charge in [-0.05, 0) is 66.1 Å². The van der Waals surface area contributed by atoms with E-state index in [1.807, 2.05) is 12.1 Å². The summed E-state index contributed by atoms with van der Waals surface area (Å²) in [7, 11) is 1.53. The number of hydrogen-bond donors (Lipinski definition) is 3. The topological polar surface area (TPSA) is 118 Å². The number of nitrogens with one attached hydrogen (secondary N) is 1. The fourth-order valence-corrected chi connectivity index (χ4v) is 3.99. The summed E-state index contributed by atoms with van der Waals surface area (Å²) in [5, 5.41) is 23.2. The molecule has 3 N–H and O–H groups in total. The van der Waals surface area contributed by atoms with Crippen LogP contribution >= 0.6 is 11.6 Å². The van der Waals surface area contributed by atoms with Gasteiger partial charge >= 0.3 is 5.97 Å². The molecule has 0 saturated carbocycles. The number of halogens is 1. The van der Waals surface area contributed by atoms with Crippen molar-refractivity contribution in [2.75, 3.05) is 13.7 Å². The number of hydrogen-bond acceptors (Lipinski definition) is 6. The largest absolute Gasteiger partial charge is 0.508 e. The van der Waals surface area contributed by atoms with Crippen LogP contribution in [0.3, 0.4) is 0 Å². The standard InChI is InChI=1S/C28H25ClN2O6/c1-36-16-20(12-17-4-8-21(32)9-5-17)30-27(33)26-14-24(28(34)35)23-13-22(10-11-25(23)31-26)37-15-18-2-6-19(29)7-3-18/h2-11,13-14,20,32H,12,15-16H2,1H3,(H,30,33)(H,34,35)/t20-/m1/s1. The summed E-state index contributed by atoms with van der Waals surface area (Å²) < 4.78 is 11.1. The van der Waals surface area contributed by atoms with Crippen LogP contribution in [0.2, 0.25) is 5.02 Å². The molecule has 8 nitrogen and oxygen atoms in total. The van der Waals surface area contributed by atoms with Crippen LogP contribution in [0.1, 0.15) is 32.0 Å². The zero-order valence-corrected chi connectivity index (χ0v) is 20.7. The molecular weight excluding hydrogens is 496 g/mol. The maximum Gasteiger partial charge on any atom is 0.336 e. The number of benzene rings is 3. The second kappa shape index (κ2) is 11.7. The number of carboxylic acids is 1. The number of nitrogens with zero attached hydrogens (tertiary/aromatic N) is 1. The van der Waals surface area contributed by atoms with E-state index in [2.05, 4.69) is 10.3 Å². The molecule has 4 aromatic rings. The molecular formula is C28H25ClN2O6. The van der Waals surface area contributed by atoms with Crippen molar-refractivity contribution in [1.29, 1.82) is 0 Å². The van der Waals surface area contributed by atoms with Gasteiger partial charge in [-0.2, -0.15) is 0 Å². The number of aromatic nitrogens is 1. The minimum Gasteiger partial charge on any atom is -0.508 e. The summed E-state index contributed by atoms with van der Waals surface area (Å²) in [6.45, 7) is 0.515. The Bertz CT molecular complexity index is 1410. The fraction of sp³-hybridized carbons (Fsp3) is 0.179. The summed E-state index contributed by atoms with van der Waals surface area (Å²) in [6.07, 6.45) is 0.452. The van der Waals surface area contributed by atoms with Gasteiger partial charge in [0.25, 0.3) is 5.91 Å². The minimum atomic E-state index is -1.19. The third kappa shape index (κ3) is 6.75. The highest BCUT2D eigenvalue weighted by molar-refractivity contribution is 6.30. The third-order valence-corrected chi connectivity index (χ3v) is 5.94. The van der Waals surface area contributed by atoms with E-state index in [0.717, 1.165) is 11.1 Å². The van der Waals surface area contributed by atoms with Gasteiger partial charge in [0, 0.05) is 17.5 Å². The van der Waals surface area contributed by atoms with Crippen molar-refractivity contribution in [2.24, 2.45) is 0 Å². The number of amides is 1. The summed E-state index contributed by atoms with van der Waals surface area (Å²) in [5.74, 6) is -1.09. The second-order valence-corrected chi connectivity index (χ2v) is 8.89. The van der Waals surface area contributed by atoms with Crippen LogP contribution in [0.15, 0.2) is 72.8 Å². The first-order valence-electron chi connectivity index (χ1n) is 11.5. The Hall–Kier alpha value is -4.14. The lowest BCUT2D eigenvalue weighted by Crippen LogP contribution is -2.40. The van der Waals surface area contributed by atoms with Gasteiger partial charge in [-0.1, -0.05) is 35.9 Å². The molecule has 37 heavy (non-hydrogen) atoms.